The summed E-state index contributed by atoms with van der Waals surface area (Å²) in [5.74, 6) is -2.57. The lowest BCUT2D eigenvalue weighted by Gasteiger charge is -2.26. The topological polar surface area (TPSA) is 84.0 Å². The zero-order chi connectivity index (χ0) is 23.1. The molecule has 7 heteroatoms. The lowest BCUT2D eigenvalue weighted by atomic mass is 10.0. The van der Waals surface area contributed by atoms with Crippen LogP contribution in [0.3, 0.4) is 0 Å². The number of carbonyl (C=O) groups is 4. The highest BCUT2D eigenvalue weighted by Crippen LogP contribution is 2.25. The van der Waals surface area contributed by atoms with Crippen LogP contribution in [0.2, 0.25) is 0 Å². The molecular weight excluding hydrogens is 408 g/mol. The standard InChI is InChI=1S/C25H24N2O5/c1-3-18-9-5-6-11-20(18)17-26(21-12-8-7-10-19(21)4-2)22(28)15-16-25(31)32-27-23(29)13-14-24(27)30/h3,5-14H,1,4,15-17H2,2H3. The smallest absolute Gasteiger partial charge is 0.330 e. The molecule has 1 heterocycles. The van der Waals surface area contributed by atoms with Gasteiger partial charge in [0.15, 0.2) is 0 Å². The molecule has 0 bridgehead atoms. The fraction of sp³-hybridized carbons (Fsp3) is 0.200. The van der Waals surface area contributed by atoms with E-state index < -0.39 is 17.8 Å². The minimum atomic E-state index is -0.834. The molecule has 0 spiro atoms. The van der Waals surface area contributed by atoms with E-state index in [0.29, 0.717) is 11.6 Å². The van der Waals surface area contributed by atoms with Crippen molar-refractivity contribution in [2.45, 2.75) is 32.7 Å². The van der Waals surface area contributed by atoms with Crippen LogP contribution < -0.4 is 4.90 Å². The average Bonchev–Trinajstić information content (AvgIpc) is 3.13. The molecule has 0 saturated carbocycles. The van der Waals surface area contributed by atoms with E-state index >= 15 is 0 Å². The quantitative estimate of drug-likeness (QED) is 0.566. The molecule has 1 aliphatic heterocycles. The summed E-state index contributed by atoms with van der Waals surface area (Å²) in [5.41, 5.74) is 3.60. The third kappa shape index (κ3) is 5.18. The van der Waals surface area contributed by atoms with Crippen LogP contribution in [0.1, 0.15) is 36.5 Å². The first-order valence-corrected chi connectivity index (χ1v) is 10.3. The number of carbonyl (C=O) groups excluding carboxylic acids is 4. The number of hydrogen-bond donors (Lipinski definition) is 0. The fourth-order valence-electron chi connectivity index (χ4n) is 3.40. The molecule has 164 valence electrons. The maximum absolute atomic E-state index is 13.2. The zero-order valence-electron chi connectivity index (χ0n) is 17.8. The molecule has 1 aliphatic rings. The molecule has 0 unspecified atom stereocenters. The van der Waals surface area contributed by atoms with Crippen LogP contribution in [0.25, 0.3) is 6.08 Å². The van der Waals surface area contributed by atoms with Gasteiger partial charge in [-0.15, -0.1) is 0 Å². The van der Waals surface area contributed by atoms with Gasteiger partial charge in [0.05, 0.1) is 13.0 Å². The molecular formula is C25H24N2O5. The summed E-state index contributed by atoms with van der Waals surface area (Å²) in [7, 11) is 0. The molecule has 0 fully saturated rings. The number of hydrogen-bond acceptors (Lipinski definition) is 5. The maximum atomic E-state index is 13.2. The van der Waals surface area contributed by atoms with E-state index in [1.165, 1.54) is 0 Å². The Morgan fingerprint density at radius 3 is 2.25 bits per heavy atom. The van der Waals surface area contributed by atoms with Crippen LogP contribution in [0.4, 0.5) is 5.69 Å². The predicted octanol–water partition coefficient (Wildman–Crippen LogP) is 3.59. The van der Waals surface area contributed by atoms with E-state index in [1.807, 2.05) is 55.5 Å². The monoisotopic (exact) mass is 432 g/mol. The third-order valence-corrected chi connectivity index (χ3v) is 5.07. The van der Waals surface area contributed by atoms with Gasteiger partial charge >= 0.3 is 5.97 Å². The molecule has 7 nitrogen and oxygen atoms in total. The zero-order valence-corrected chi connectivity index (χ0v) is 17.8. The number of imide groups is 1. The van der Waals surface area contributed by atoms with E-state index in [-0.39, 0.29) is 18.7 Å². The van der Waals surface area contributed by atoms with E-state index in [9.17, 15) is 19.2 Å². The number of para-hydroxylation sites is 1. The highest BCUT2D eigenvalue weighted by molar-refractivity contribution is 6.12. The average molecular weight is 432 g/mol. The predicted molar refractivity (Wildman–Crippen MR) is 120 cm³/mol. The molecule has 0 atom stereocenters. The second kappa shape index (κ2) is 10.3. The highest BCUT2D eigenvalue weighted by Gasteiger charge is 2.28. The molecule has 3 amide bonds. The van der Waals surface area contributed by atoms with Gasteiger partial charge in [-0.3, -0.25) is 14.4 Å². The summed E-state index contributed by atoms with van der Waals surface area (Å²) in [6, 6.07) is 15.3. The second-order valence-electron chi connectivity index (χ2n) is 7.13. The first kappa shape index (κ1) is 22.7. The lowest BCUT2D eigenvalue weighted by Crippen LogP contribution is -2.34. The number of benzene rings is 2. The highest BCUT2D eigenvalue weighted by atomic mass is 16.7. The summed E-state index contributed by atoms with van der Waals surface area (Å²) in [4.78, 5) is 54.9. The Balaban J connectivity index is 1.77. The van der Waals surface area contributed by atoms with Crippen molar-refractivity contribution >= 4 is 35.5 Å². The summed E-state index contributed by atoms with van der Waals surface area (Å²) in [5, 5.41) is 0.386. The third-order valence-electron chi connectivity index (χ3n) is 5.07. The minimum absolute atomic E-state index is 0.142. The Hall–Kier alpha value is -4.00. The lowest BCUT2D eigenvalue weighted by molar-refractivity contribution is -0.196. The SMILES string of the molecule is C=Cc1ccccc1CN(C(=O)CCC(=O)ON1C(=O)C=CC1=O)c1ccccc1CC. The molecule has 0 aromatic heterocycles. The Labute approximate surface area is 186 Å². The van der Waals surface area contributed by atoms with Crippen LogP contribution in [-0.4, -0.2) is 28.8 Å². The van der Waals surface area contributed by atoms with E-state index in [4.69, 9.17) is 4.84 Å². The number of hydroxylamine groups is 2. The summed E-state index contributed by atoms with van der Waals surface area (Å²) in [6.07, 6.45) is 4.08. The van der Waals surface area contributed by atoms with Gasteiger partial charge < -0.3 is 9.74 Å². The minimum Gasteiger partial charge on any atom is -0.330 e. The first-order valence-electron chi connectivity index (χ1n) is 10.3. The van der Waals surface area contributed by atoms with Gasteiger partial charge in [0, 0.05) is 24.3 Å². The van der Waals surface area contributed by atoms with Crippen molar-refractivity contribution in [2.75, 3.05) is 4.90 Å². The van der Waals surface area contributed by atoms with Crippen molar-refractivity contribution in [1.29, 1.82) is 0 Å². The van der Waals surface area contributed by atoms with Crippen LogP contribution in [0.15, 0.2) is 67.3 Å². The maximum Gasteiger partial charge on any atom is 0.333 e. The largest absolute Gasteiger partial charge is 0.333 e. The van der Waals surface area contributed by atoms with Crippen LogP contribution in [-0.2, 0) is 37.0 Å². The Bertz CT molecular complexity index is 1070. The molecule has 0 radical (unpaired) electrons. The first-order chi connectivity index (χ1) is 15.4. The summed E-state index contributed by atoms with van der Waals surface area (Å²) < 4.78 is 0. The summed E-state index contributed by atoms with van der Waals surface area (Å²) >= 11 is 0. The van der Waals surface area contributed by atoms with Gasteiger partial charge in [0.25, 0.3) is 11.8 Å². The number of rotatable bonds is 9. The van der Waals surface area contributed by atoms with Crippen molar-refractivity contribution in [3.8, 4) is 0 Å². The van der Waals surface area contributed by atoms with Gasteiger partial charge in [0.1, 0.15) is 0 Å². The van der Waals surface area contributed by atoms with Crippen LogP contribution in [0, 0.1) is 0 Å². The Morgan fingerprint density at radius 1 is 0.969 bits per heavy atom. The van der Waals surface area contributed by atoms with E-state index in [1.54, 1.807) is 11.0 Å². The summed E-state index contributed by atoms with van der Waals surface area (Å²) in [6.45, 7) is 6.16. The van der Waals surface area contributed by atoms with Gasteiger partial charge in [-0.25, -0.2) is 4.79 Å². The number of aryl methyl sites for hydroxylation is 1. The van der Waals surface area contributed by atoms with Crippen molar-refractivity contribution < 1.29 is 24.0 Å². The second-order valence-corrected chi connectivity index (χ2v) is 7.13. The number of amides is 3. The van der Waals surface area contributed by atoms with Crippen LogP contribution >= 0.6 is 0 Å². The van der Waals surface area contributed by atoms with Gasteiger partial charge in [0.2, 0.25) is 5.91 Å². The molecule has 0 saturated heterocycles. The molecule has 2 aromatic rings. The Morgan fingerprint density at radius 2 is 1.59 bits per heavy atom. The van der Waals surface area contributed by atoms with E-state index in [2.05, 4.69) is 6.58 Å². The van der Waals surface area contributed by atoms with Crippen molar-refractivity contribution in [1.82, 2.24) is 5.06 Å². The molecule has 0 aliphatic carbocycles. The fourth-order valence-corrected chi connectivity index (χ4v) is 3.40. The van der Waals surface area contributed by atoms with Gasteiger partial charge in [-0.05, 0) is 29.2 Å². The molecule has 32 heavy (non-hydrogen) atoms. The molecule has 2 aromatic carbocycles. The Kier molecular flexibility index (Phi) is 7.33. The number of anilines is 1. The normalized spacial score (nSPS) is 12.7. The van der Waals surface area contributed by atoms with E-state index in [0.717, 1.165) is 41.0 Å². The van der Waals surface area contributed by atoms with Gasteiger partial charge in [-0.1, -0.05) is 67.1 Å². The van der Waals surface area contributed by atoms with Gasteiger partial charge in [-0.2, -0.15) is 0 Å². The molecule has 3 rings (SSSR count). The number of nitrogens with zero attached hydrogens (tertiary/aromatic N) is 2. The van der Waals surface area contributed by atoms with Crippen molar-refractivity contribution in [2.24, 2.45) is 0 Å². The van der Waals surface area contributed by atoms with Crippen molar-refractivity contribution in [3.63, 3.8) is 0 Å². The van der Waals surface area contributed by atoms with Crippen molar-refractivity contribution in [3.05, 3.63) is 84.0 Å². The molecule has 0 N–H and O–H groups in total. The van der Waals surface area contributed by atoms with Crippen LogP contribution in [0.5, 0.6) is 0 Å².